The number of halogens is 1. The van der Waals surface area contributed by atoms with Gasteiger partial charge in [0.1, 0.15) is 0 Å². The lowest BCUT2D eigenvalue weighted by Gasteiger charge is -2.23. The number of hydrogen-bond donors (Lipinski definition) is 1. The van der Waals surface area contributed by atoms with E-state index in [1.807, 2.05) is 6.07 Å². The lowest BCUT2D eigenvalue weighted by molar-refractivity contribution is -0.141. The van der Waals surface area contributed by atoms with Crippen LogP contribution in [-0.4, -0.2) is 13.1 Å². The third-order valence-corrected chi connectivity index (χ3v) is 2.46. The topological polar surface area (TPSA) is 52.3 Å². The van der Waals surface area contributed by atoms with E-state index in [1.165, 1.54) is 7.11 Å². The molecule has 0 aliphatic rings. The van der Waals surface area contributed by atoms with E-state index >= 15 is 0 Å². The van der Waals surface area contributed by atoms with E-state index in [1.54, 1.807) is 25.1 Å². The number of nitrogens with two attached hydrogens (primary N) is 1. The number of methoxy groups -OCH3 is 1. The molecule has 1 aromatic rings. The van der Waals surface area contributed by atoms with Gasteiger partial charge in [-0.2, -0.15) is 0 Å². The molecule has 0 amide bonds. The molecule has 0 aliphatic carbocycles. The molecule has 15 heavy (non-hydrogen) atoms. The van der Waals surface area contributed by atoms with Gasteiger partial charge in [0.15, 0.2) is 0 Å². The summed E-state index contributed by atoms with van der Waals surface area (Å²) in [5.74, 6) is -0.333. The van der Waals surface area contributed by atoms with Crippen LogP contribution in [0, 0.1) is 0 Å². The Hall–Kier alpha value is -1.06. The van der Waals surface area contributed by atoms with Crippen molar-refractivity contribution < 1.29 is 9.53 Å². The molecule has 0 bridgehead atoms. The molecule has 1 aromatic carbocycles. The normalized spacial score (nSPS) is 14.4. The Morgan fingerprint density at radius 3 is 2.80 bits per heavy atom. The second-order valence-electron chi connectivity index (χ2n) is 3.68. The van der Waals surface area contributed by atoms with E-state index in [2.05, 4.69) is 4.74 Å². The van der Waals surface area contributed by atoms with Crippen molar-refractivity contribution in [2.24, 2.45) is 5.73 Å². The molecular weight excluding hydrogens is 214 g/mol. The Balaban J connectivity index is 2.90. The van der Waals surface area contributed by atoms with Gasteiger partial charge in [-0.25, -0.2) is 0 Å². The van der Waals surface area contributed by atoms with E-state index < -0.39 is 5.54 Å². The zero-order chi connectivity index (χ0) is 11.5. The average molecular weight is 228 g/mol. The van der Waals surface area contributed by atoms with Crippen LogP contribution in [0.25, 0.3) is 0 Å². The molecule has 3 nitrogen and oxygen atoms in total. The summed E-state index contributed by atoms with van der Waals surface area (Å²) in [7, 11) is 1.34. The largest absolute Gasteiger partial charge is 0.469 e. The van der Waals surface area contributed by atoms with E-state index in [9.17, 15) is 4.79 Å². The van der Waals surface area contributed by atoms with Crippen molar-refractivity contribution in [3.63, 3.8) is 0 Å². The second kappa shape index (κ2) is 4.64. The quantitative estimate of drug-likeness (QED) is 0.805. The van der Waals surface area contributed by atoms with E-state index in [4.69, 9.17) is 17.3 Å². The predicted octanol–water partition coefficient (Wildman–Crippen LogP) is 2.08. The number of carbonyl (C=O) groups excluding carboxylic acids is 1. The first kappa shape index (κ1) is 12.0. The average Bonchev–Trinajstić information content (AvgIpc) is 2.17. The number of rotatable bonds is 3. The Labute approximate surface area is 94.2 Å². The highest BCUT2D eigenvalue weighted by atomic mass is 35.5. The van der Waals surface area contributed by atoms with Crippen LogP contribution in [0.4, 0.5) is 0 Å². The van der Waals surface area contributed by atoms with Crippen LogP contribution in [0.3, 0.4) is 0 Å². The maximum absolute atomic E-state index is 11.2. The van der Waals surface area contributed by atoms with Crippen LogP contribution in [0.1, 0.15) is 18.9 Å². The molecule has 1 atom stereocenters. The van der Waals surface area contributed by atoms with Crippen molar-refractivity contribution in [3.05, 3.63) is 34.9 Å². The van der Waals surface area contributed by atoms with E-state index in [-0.39, 0.29) is 12.4 Å². The van der Waals surface area contributed by atoms with Gasteiger partial charge in [-0.05, 0) is 24.6 Å². The fourth-order valence-corrected chi connectivity index (χ4v) is 1.51. The summed E-state index contributed by atoms with van der Waals surface area (Å²) in [4.78, 5) is 11.2. The summed E-state index contributed by atoms with van der Waals surface area (Å²) in [6.45, 7) is 1.77. The molecule has 0 heterocycles. The first-order chi connectivity index (χ1) is 6.95. The molecular formula is C11H14ClNO2. The summed E-state index contributed by atoms with van der Waals surface area (Å²) < 4.78 is 4.59. The fraction of sp³-hybridized carbons (Fsp3) is 0.364. The highest BCUT2D eigenvalue weighted by Gasteiger charge is 2.25. The van der Waals surface area contributed by atoms with Gasteiger partial charge in [-0.1, -0.05) is 23.7 Å². The Kier molecular flexibility index (Phi) is 3.72. The van der Waals surface area contributed by atoms with E-state index in [0.29, 0.717) is 5.02 Å². The summed E-state index contributed by atoms with van der Waals surface area (Å²) in [6, 6.07) is 7.17. The minimum atomic E-state index is -0.752. The molecule has 0 radical (unpaired) electrons. The lowest BCUT2D eigenvalue weighted by atomic mass is 9.90. The van der Waals surface area contributed by atoms with Crippen LogP contribution < -0.4 is 5.73 Å². The minimum Gasteiger partial charge on any atom is -0.469 e. The van der Waals surface area contributed by atoms with Crippen molar-refractivity contribution in [1.82, 2.24) is 0 Å². The molecule has 0 fully saturated rings. The Morgan fingerprint density at radius 2 is 2.27 bits per heavy atom. The van der Waals surface area contributed by atoms with Gasteiger partial charge < -0.3 is 10.5 Å². The molecule has 82 valence electrons. The molecule has 0 spiro atoms. The van der Waals surface area contributed by atoms with Crippen LogP contribution in [0.15, 0.2) is 24.3 Å². The van der Waals surface area contributed by atoms with Crippen LogP contribution >= 0.6 is 11.6 Å². The first-order valence-electron chi connectivity index (χ1n) is 4.57. The van der Waals surface area contributed by atoms with Gasteiger partial charge in [0, 0.05) is 10.6 Å². The smallest absolute Gasteiger partial charge is 0.307 e. The highest BCUT2D eigenvalue weighted by molar-refractivity contribution is 6.30. The van der Waals surface area contributed by atoms with Gasteiger partial charge in [-0.3, -0.25) is 4.79 Å². The summed E-state index contributed by atoms with van der Waals surface area (Å²) in [5, 5.41) is 0.606. The number of benzene rings is 1. The molecule has 0 saturated carbocycles. The van der Waals surface area contributed by atoms with Gasteiger partial charge in [0.2, 0.25) is 0 Å². The SMILES string of the molecule is COC(=O)C[C@](C)(N)c1cccc(Cl)c1. The third kappa shape index (κ3) is 3.22. The van der Waals surface area contributed by atoms with Crippen LogP contribution in [-0.2, 0) is 15.1 Å². The summed E-state index contributed by atoms with van der Waals surface area (Å²) >= 11 is 5.85. The molecule has 0 aromatic heterocycles. The van der Waals surface area contributed by atoms with Crippen LogP contribution in [0.2, 0.25) is 5.02 Å². The molecule has 1 rings (SSSR count). The fourth-order valence-electron chi connectivity index (χ4n) is 1.32. The highest BCUT2D eigenvalue weighted by Crippen LogP contribution is 2.24. The standard InChI is InChI=1S/C11H14ClNO2/c1-11(13,7-10(14)15-2)8-4-3-5-9(12)6-8/h3-6H,7,13H2,1-2H3/t11-/m0/s1. The molecule has 4 heteroatoms. The van der Waals surface area contributed by atoms with Crippen molar-refractivity contribution >= 4 is 17.6 Å². The Morgan fingerprint density at radius 1 is 1.60 bits per heavy atom. The summed E-state index contributed by atoms with van der Waals surface area (Å²) in [5.41, 5.74) is 6.09. The monoisotopic (exact) mass is 227 g/mol. The maximum Gasteiger partial charge on any atom is 0.307 e. The van der Waals surface area contributed by atoms with E-state index in [0.717, 1.165) is 5.56 Å². The molecule has 2 N–H and O–H groups in total. The zero-order valence-corrected chi connectivity index (χ0v) is 9.54. The lowest BCUT2D eigenvalue weighted by Crippen LogP contribution is -2.35. The number of ether oxygens (including phenoxy) is 1. The van der Waals surface area contributed by atoms with Gasteiger partial charge in [-0.15, -0.1) is 0 Å². The minimum absolute atomic E-state index is 0.129. The maximum atomic E-state index is 11.2. The van der Waals surface area contributed by atoms with Gasteiger partial charge in [0.25, 0.3) is 0 Å². The third-order valence-electron chi connectivity index (χ3n) is 2.22. The number of esters is 1. The van der Waals surface area contributed by atoms with Crippen molar-refractivity contribution in [1.29, 1.82) is 0 Å². The zero-order valence-electron chi connectivity index (χ0n) is 8.79. The van der Waals surface area contributed by atoms with Crippen molar-refractivity contribution in [2.45, 2.75) is 18.9 Å². The molecule has 0 saturated heterocycles. The number of hydrogen-bond acceptors (Lipinski definition) is 3. The molecule has 0 aliphatic heterocycles. The Bertz CT molecular complexity index is 363. The van der Waals surface area contributed by atoms with Crippen LogP contribution in [0.5, 0.6) is 0 Å². The van der Waals surface area contributed by atoms with Crippen molar-refractivity contribution in [2.75, 3.05) is 7.11 Å². The molecule has 0 unspecified atom stereocenters. The second-order valence-corrected chi connectivity index (χ2v) is 4.12. The summed E-state index contributed by atoms with van der Waals surface area (Å²) in [6.07, 6.45) is 0.129. The number of carbonyl (C=O) groups is 1. The first-order valence-corrected chi connectivity index (χ1v) is 4.95. The van der Waals surface area contributed by atoms with Gasteiger partial charge in [0.05, 0.1) is 13.5 Å². The predicted molar refractivity (Wildman–Crippen MR) is 59.6 cm³/mol. The van der Waals surface area contributed by atoms with Gasteiger partial charge >= 0.3 is 5.97 Å². The van der Waals surface area contributed by atoms with Crippen molar-refractivity contribution in [3.8, 4) is 0 Å².